The van der Waals surface area contributed by atoms with Gasteiger partial charge in [-0.3, -0.25) is 9.78 Å². The number of pyridine rings is 2. The zero-order chi connectivity index (χ0) is 27.7. The van der Waals surface area contributed by atoms with Gasteiger partial charge < -0.3 is 13.9 Å². The van der Waals surface area contributed by atoms with Crippen LogP contribution >= 0.6 is 0 Å². The number of hydrogen-bond donors (Lipinski definition) is 0. The predicted octanol–water partition coefficient (Wildman–Crippen LogP) is 6.67. The third-order valence-corrected chi connectivity index (χ3v) is 9.79. The lowest BCUT2D eigenvalue weighted by molar-refractivity contribution is -0.140. The lowest BCUT2D eigenvalue weighted by Crippen LogP contribution is -2.32. The van der Waals surface area contributed by atoms with Crippen molar-refractivity contribution in [3.8, 4) is 11.3 Å². The van der Waals surface area contributed by atoms with E-state index in [2.05, 4.69) is 10.6 Å². The van der Waals surface area contributed by atoms with Crippen molar-refractivity contribution in [1.29, 1.82) is 0 Å². The highest BCUT2D eigenvalue weighted by Crippen LogP contribution is 2.58. The van der Waals surface area contributed by atoms with Gasteiger partial charge in [-0.25, -0.2) is 4.39 Å². The quantitative estimate of drug-likeness (QED) is 0.173. The fourth-order valence-electron chi connectivity index (χ4n) is 7.15. The van der Waals surface area contributed by atoms with Gasteiger partial charge in [-0.2, -0.15) is 4.98 Å². The van der Waals surface area contributed by atoms with Gasteiger partial charge in [0.05, 0.1) is 24.4 Å². The van der Waals surface area contributed by atoms with Gasteiger partial charge in [0, 0.05) is 40.1 Å². The summed E-state index contributed by atoms with van der Waals surface area (Å²) in [5.74, 6) is 0.305. The van der Waals surface area contributed by atoms with Gasteiger partial charge in [0.25, 0.3) is 5.03 Å². The molecule has 0 spiro atoms. The number of hydrogen-bond acceptors (Lipinski definition) is 5. The number of aryl methyl sites for hydroxylation is 2. The summed E-state index contributed by atoms with van der Waals surface area (Å²) in [5, 5.41) is 3.64. The van der Waals surface area contributed by atoms with Crippen LogP contribution in [0, 0.1) is 24.6 Å². The summed E-state index contributed by atoms with van der Waals surface area (Å²) in [5.41, 5.74) is 3.93. The lowest BCUT2D eigenvalue weighted by atomic mass is 9.78. The van der Waals surface area contributed by atoms with Crippen LogP contribution in [0.4, 0.5) is 4.39 Å². The number of benzene rings is 2. The van der Waals surface area contributed by atoms with Gasteiger partial charge >= 0.3 is 5.97 Å². The number of fused-ring (bicyclic) bond motifs is 5. The first kappa shape index (κ1) is 25.5. The van der Waals surface area contributed by atoms with Crippen LogP contribution in [0.25, 0.3) is 43.8 Å². The van der Waals surface area contributed by atoms with E-state index in [1.54, 1.807) is 12.5 Å². The van der Waals surface area contributed by atoms with Gasteiger partial charge in [-0.1, -0.05) is 30.3 Å². The molecule has 6 nitrogen and oxygen atoms in total. The van der Waals surface area contributed by atoms with Crippen molar-refractivity contribution in [1.82, 2.24) is 14.5 Å². The number of halogens is 1. The third kappa shape index (κ3) is 3.84. The zero-order valence-corrected chi connectivity index (χ0v) is 23.6. The summed E-state index contributed by atoms with van der Waals surface area (Å²) >= 11 is -1.46. The number of methoxy groups -OCH3 is 1. The molecule has 204 valence electrons. The van der Waals surface area contributed by atoms with Crippen LogP contribution in [0.3, 0.4) is 0 Å². The van der Waals surface area contributed by atoms with Crippen molar-refractivity contribution in [3.63, 3.8) is 0 Å². The summed E-state index contributed by atoms with van der Waals surface area (Å²) in [7, 11) is 1.39. The molecule has 0 amide bonds. The van der Waals surface area contributed by atoms with Crippen molar-refractivity contribution in [2.45, 2.75) is 50.1 Å². The summed E-state index contributed by atoms with van der Waals surface area (Å²) in [6.07, 6.45) is 7.55. The molecule has 8 rings (SSSR count). The Labute approximate surface area is 234 Å². The predicted molar refractivity (Wildman–Crippen MR) is 155 cm³/mol. The maximum atomic E-state index is 16.6. The van der Waals surface area contributed by atoms with E-state index >= 15 is 4.39 Å². The van der Waals surface area contributed by atoms with E-state index in [0.717, 1.165) is 45.8 Å². The number of rotatable bonds is 6. The molecule has 3 heterocycles. The number of nitrogens with zero attached hydrogens (tertiary/aromatic N) is 3. The van der Waals surface area contributed by atoms with Gasteiger partial charge in [0.1, 0.15) is 17.5 Å². The monoisotopic (exact) mass is 555 g/mol. The average Bonchev–Trinajstić information content (AvgIpc) is 3.67. The molecule has 0 N–H and O–H groups in total. The summed E-state index contributed by atoms with van der Waals surface area (Å²) < 4.78 is 36.8. The highest BCUT2D eigenvalue weighted by Gasteiger charge is 2.49. The van der Waals surface area contributed by atoms with E-state index in [1.807, 2.05) is 43.3 Å². The fourth-order valence-corrected chi connectivity index (χ4v) is 7.84. The van der Waals surface area contributed by atoms with Crippen molar-refractivity contribution >= 4 is 49.7 Å². The summed E-state index contributed by atoms with van der Waals surface area (Å²) in [4.78, 5) is 21.5. The molecule has 3 aliphatic rings. The first-order valence-electron chi connectivity index (χ1n) is 13.8. The third-order valence-electron chi connectivity index (χ3n) is 8.93. The van der Waals surface area contributed by atoms with Crippen molar-refractivity contribution < 1.29 is 18.5 Å². The molecular formula is C32H30FN3O3S. The average molecular weight is 556 g/mol. The van der Waals surface area contributed by atoms with Crippen LogP contribution < -0.4 is 0 Å². The summed E-state index contributed by atoms with van der Waals surface area (Å²) in [6, 6.07) is 14.2. The number of aromatic nitrogens is 3. The van der Waals surface area contributed by atoms with E-state index in [9.17, 15) is 9.35 Å². The number of ether oxygens (including phenoxy) is 1. The number of carbonyl (C=O) groups is 1. The SMILES string of the molecule is COC(=O)CCc1cc2c([S+](C)[O-])nc3c(F)c(-c4cc(C)cc5ccccc45)ncc3c2n1C1C2CCC1C2. The van der Waals surface area contributed by atoms with Crippen LogP contribution in [-0.2, 0) is 27.1 Å². The number of carbonyl (C=O) groups excluding carboxylic acids is 1. The Morgan fingerprint density at radius 2 is 1.93 bits per heavy atom. The molecule has 0 radical (unpaired) electrons. The second-order valence-electron chi connectivity index (χ2n) is 11.3. The van der Waals surface area contributed by atoms with Crippen molar-refractivity contribution in [3.05, 3.63) is 65.7 Å². The lowest BCUT2D eigenvalue weighted by Gasteiger charge is -2.39. The molecule has 5 aromatic rings. The molecule has 3 aliphatic carbocycles. The molecule has 3 unspecified atom stereocenters. The molecule has 3 saturated carbocycles. The molecule has 3 fully saturated rings. The second kappa shape index (κ2) is 9.56. The first-order chi connectivity index (χ1) is 19.4. The van der Waals surface area contributed by atoms with Crippen molar-refractivity contribution in [2.75, 3.05) is 13.4 Å². The minimum atomic E-state index is -1.46. The normalized spacial score (nSPS) is 20.8. The molecule has 2 aromatic carbocycles. The van der Waals surface area contributed by atoms with E-state index in [0.29, 0.717) is 34.2 Å². The Hall–Kier alpha value is -3.49. The van der Waals surface area contributed by atoms with E-state index in [1.165, 1.54) is 13.5 Å². The Morgan fingerprint density at radius 3 is 2.65 bits per heavy atom. The van der Waals surface area contributed by atoms with Crippen LogP contribution in [0.15, 0.2) is 53.7 Å². The molecular weight excluding hydrogens is 525 g/mol. The Morgan fingerprint density at radius 1 is 1.15 bits per heavy atom. The molecule has 0 aliphatic heterocycles. The Kier molecular flexibility index (Phi) is 6.09. The van der Waals surface area contributed by atoms with Gasteiger partial charge in [-0.15, -0.1) is 0 Å². The Bertz CT molecular complexity index is 1820. The maximum Gasteiger partial charge on any atom is 0.305 e. The van der Waals surface area contributed by atoms with Crippen LogP contribution in [0.2, 0.25) is 0 Å². The maximum absolute atomic E-state index is 16.6. The van der Waals surface area contributed by atoms with E-state index in [-0.39, 0.29) is 29.6 Å². The zero-order valence-electron chi connectivity index (χ0n) is 22.7. The van der Waals surface area contributed by atoms with Crippen LogP contribution in [-0.4, -0.2) is 38.4 Å². The molecule has 8 heteroatoms. The minimum Gasteiger partial charge on any atom is -0.610 e. The summed E-state index contributed by atoms with van der Waals surface area (Å²) in [6.45, 7) is 1.99. The van der Waals surface area contributed by atoms with Crippen molar-refractivity contribution in [2.24, 2.45) is 11.8 Å². The topological polar surface area (TPSA) is 80.1 Å². The fraction of sp³-hybridized carbons (Fsp3) is 0.344. The van der Waals surface area contributed by atoms with Gasteiger partial charge in [0.15, 0.2) is 5.82 Å². The number of esters is 1. The highest BCUT2D eigenvalue weighted by molar-refractivity contribution is 7.90. The first-order valence-corrected chi connectivity index (χ1v) is 15.3. The molecule has 40 heavy (non-hydrogen) atoms. The molecule has 3 atom stereocenters. The molecule has 3 aromatic heterocycles. The van der Waals surface area contributed by atoms with Gasteiger partial charge in [-0.05, 0) is 72.9 Å². The van der Waals surface area contributed by atoms with Crippen LogP contribution in [0.1, 0.15) is 43.0 Å². The largest absolute Gasteiger partial charge is 0.610 e. The van der Waals surface area contributed by atoms with Gasteiger partial charge in [0.2, 0.25) is 0 Å². The van der Waals surface area contributed by atoms with Crippen LogP contribution in [0.5, 0.6) is 0 Å². The minimum absolute atomic E-state index is 0.179. The standard InChI is InChI=1S/C32H30FN3O3S/c1-17-12-18-6-4-5-7-22(18)23(13-17)28-27(33)29-25(16-34-28)31-24(32(35-29)40(3)38)15-21(10-11-26(37)39-2)36(31)30-19-8-9-20(30)14-19/h4-7,12-13,15-16,19-20,30H,8-11,14H2,1-3H3. The highest BCUT2D eigenvalue weighted by atomic mass is 32.2. The molecule has 0 saturated heterocycles. The molecule has 2 bridgehead atoms. The smallest absolute Gasteiger partial charge is 0.305 e. The Balaban J connectivity index is 1.51. The van der Waals surface area contributed by atoms with E-state index < -0.39 is 17.0 Å². The second-order valence-corrected chi connectivity index (χ2v) is 12.6. The van der Waals surface area contributed by atoms with E-state index in [4.69, 9.17) is 14.7 Å².